The van der Waals surface area contributed by atoms with E-state index in [0.717, 1.165) is 0 Å². The van der Waals surface area contributed by atoms with E-state index in [-0.39, 0.29) is 17.1 Å². The van der Waals surface area contributed by atoms with Crippen molar-refractivity contribution in [1.29, 1.82) is 0 Å². The van der Waals surface area contributed by atoms with Crippen molar-refractivity contribution in [2.24, 2.45) is 0 Å². The van der Waals surface area contributed by atoms with E-state index in [1.165, 1.54) is 0 Å². The topological polar surface area (TPSA) is 104 Å². The van der Waals surface area contributed by atoms with Crippen molar-refractivity contribution in [1.82, 2.24) is 14.9 Å². The van der Waals surface area contributed by atoms with Gasteiger partial charge in [0.25, 0.3) is 0 Å². The Bertz CT molecular complexity index is 455. The summed E-state index contributed by atoms with van der Waals surface area (Å²) in [6, 6.07) is 0. The smallest absolute Gasteiger partial charge is 0.244 e. The van der Waals surface area contributed by atoms with E-state index in [9.17, 15) is 8.42 Å². The number of ether oxygens (including phenoxy) is 1. The molecule has 0 radical (unpaired) electrons. The summed E-state index contributed by atoms with van der Waals surface area (Å²) >= 11 is 0. The van der Waals surface area contributed by atoms with Gasteiger partial charge in [-0.1, -0.05) is 0 Å². The molecule has 8 heteroatoms. The number of sulfonamides is 1. The first-order valence-corrected chi connectivity index (χ1v) is 6.73. The summed E-state index contributed by atoms with van der Waals surface area (Å²) < 4.78 is 31.3. The molecule has 0 aliphatic heterocycles. The SMILES string of the molecule is CCOCCNS(=O)(=O)c1c(CO)n[nH]c1C. The molecule has 1 rings (SSSR count). The summed E-state index contributed by atoms with van der Waals surface area (Å²) in [5, 5.41) is 15.3. The first-order chi connectivity index (χ1) is 8.03. The quantitative estimate of drug-likeness (QED) is 0.577. The van der Waals surface area contributed by atoms with Crippen molar-refractivity contribution in [3.8, 4) is 0 Å². The highest BCUT2D eigenvalue weighted by molar-refractivity contribution is 7.89. The molecule has 0 aromatic carbocycles. The highest BCUT2D eigenvalue weighted by Crippen LogP contribution is 2.16. The monoisotopic (exact) mass is 263 g/mol. The molecule has 98 valence electrons. The van der Waals surface area contributed by atoms with Gasteiger partial charge in [-0.25, -0.2) is 13.1 Å². The Morgan fingerprint density at radius 2 is 2.24 bits per heavy atom. The van der Waals surface area contributed by atoms with Crippen molar-refractivity contribution in [2.45, 2.75) is 25.3 Å². The number of aryl methyl sites for hydroxylation is 1. The van der Waals surface area contributed by atoms with Crippen molar-refractivity contribution >= 4 is 10.0 Å². The van der Waals surface area contributed by atoms with Gasteiger partial charge in [-0.3, -0.25) is 5.10 Å². The summed E-state index contributed by atoms with van der Waals surface area (Å²) in [4.78, 5) is 0.0106. The third-order valence-electron chi connectivity index (χ3n) is 2.12. The molecular formula is C9H17N3O4S. The summed E-state index contributed by atoms with van der Waals surface area (Å²) in [6.07, 6.45) is 0. The number of rotatable bonds is 7. The van der Waals surface area contributed by atoms with Crippen molar-refractivity contribution < 1.29 is 18.3 Å². The van der Waals surface area contributed by atoms with Crippen LogP contribution in [0.25, 0.3) is 0 Å². The van der Waals surface area contributed by atoms with Crippen LogP contribution in [0.5, 0.6) is 0 Å². The number of nitrogens with zero attached hydrogens (tertiary/aromatic N) is 1. The van der Waals surface area contributed by atoms with Gasteiger partial charge < -0.3 is 9.84 Å². The number of hydrogen-bond acceptors (Lipinski definition) is 5. The first-order valence-electron chi connectivity index (χ1n) is 5.25. The standard InChI is InChI=1S/C9H17N3O4S/c1-3-16-5-4-10-17(14,15)9-7(2)11-12-8(9)6-13/h10,13H,3-6H2,1-2H3,(H,11,12). The highest BCUT2D eigenvalue weighted by Gasteiger charge is 2.23. The summed E-state index contributed by atoms with van der Waals surface area (Å²) in [7, 11) is -3.65. The van der Waals surface area contributed by atoms with Gasteiger partial charge in [-0.2, -0.15) is 5.10 Å². The number of hydrogen-bond donors (Lipinski definition) is 3. The summed E-state index contributed by atoms with van der Waals surface area (Å²) in [5.74, 6) is 0. The number of nitrogens with one attached hydrogen (secondary N) is 2. The van der Waals surface area contributed by atoms with Crippen LogP contribution in [0.4, 0.5) is 0 Å². The fraction of sp³-hybridized carbons (Fsp3) is 0.667. The predicted octanol–water partition coefficient (Wildman–Crippen LogP) is -0.475. The highest BCUT2D eigenvalue weighted by atomic mass is 32.2. The minimum Gasteiger partial charge on any atom is -0.390 e. The lowest BCUT2D eigenvalue weighted by atomic mass is 10.4. The normalized spacial score (nSPS) is 11.9. The molecule has 7 nitrogen and oxygen atoms in total. The molecule has 0 atom stereocenters. The molecule has 0 unspecified atom stereocenters. The number of H-pyrrole nitrogens is 1. The fourth-order valence-electron chi connectivity index (χ4n) is 1.40. The molecule has 3 N–H and O–H groups in total. The van der Waals surface area contributed by atoms with Crippen molar-refractivity contribution in [2.75, 3.05) is 19.8 Å². The second kappa shape index (κ2) is 6.10. The maximum absolute atomic E-state index is 11.9. The molecule has 0 spiro atoms. The van der Waals surface area contributed by atoms with Crippen molar-refractivity contribution in [3.05, 3.63) is 11.4 Å². The Hall–Kier alpha value is -0.960. The van der Waals surface area contributed by atoms with E-state index in [0.29, 0.717) is 18.9 Å². The molecular weight excluding hydrogens is 246 g/mol. The van der Waals surface area contributed by atoms with E-state index in [2.05, 4.69) is 14.9 Å². The minimum absolute atomic E-state index is 0.0106. The maximum Gasteiger partial charge on any atom is 0.244 e. The lowest BCUT2D eigenvalue weighted by molar-refractivity contribution is 0.153. The Balaban J connectivity index is 2.78. The molecule has 0 saturated heterocycles. The van der Waals surface area contributed by atoms with Crippen LogP contribution in [0.15, 0.2) is 4.90 Å². The first kappa shape index (κ1) is 14.1. The van der Waals surface area contributed by atoms with E-state index >= 15 is 0 Å². The van der Waals surface area contributed by atoms with Crippen LogP contribution in [0.2, 0.25) is 0 Å². The summed E-state index contributed by atoms with van der Waals surface area (Å²) in [6.45, 7) is 4.02. The Morgan fingerprint density at radius 3 is 2.82 bits per heavy atom. The molecule has 0 aliphatic rings. The van der Waals surface area contributed by atoms with Gasteiger partial charge in [0, 0.05) is 13.2 Å². The second-order valence-corrected chi connectivity index (χ2v) is 5.08. The average molecular weight is 263 g/mol. The van der Waals surface area contributed by atoms with Crippen LogP contribution in [0.1, 0.15) is 18.3 Å². The zero-order chi connectivity index (χ0) is 12.9. The third kappa shape index (κ3) is 3.50. The van der Waals surface area contributed by atoms with Crippen LogP contribution < -0.4 is 4.72 Å². The van der Waals surface area contributed by atoms with Crippen LogP contribution >= 0.6 is 0 Å². The third-order valence-corrected chi connectivity index (χ3v) is 3.79. The molecule has 0 saturated carbocycles. The zero-order valence-electron chi connectivity index (χ0n) is 9.86. The number of aromatic amines is 1. The van der Waals surface area contributed by atoms with Gasteiger partial charge >= 0.3 is 0 Å². The van der Waals surface area contributed by atoms with Gasteiger partial charge in [-0.05, 0) is 13.8 Å². The van der Waals surface area contributed by atoms with Gasteiger partial charge in [0.15, 0.2) is 0 Å². The zero-order valence-corrected chi connectivity index (χ0v) is 10.7. The van der Waals surface area contributed by atoms with Crippen molar-refractivity contribution in [3.63, 3.8) is 0 Å². The molecule has 17 heavy (non-hydrogen) atoms. The molecule has 0 bridgehead atoms. The maximum atomic E-state index is 11.9. The predicted molar refractivity (Wildman–Crippen MR) is 60.9 cm³/mol. The number of aliphatic hydroxyl groups excluding tert-OH is 1. The van der Waals surface area contributed by atoms with E-state index in [1.807, 2.05) is 6.92 Å². The molecule has 0 fully saturated rings. The number of aromatic nitrogens is 2. The molecule has 1 aromatic rings. The van der Waals surface area contributed by atoms with Crippen LogP contribution in [-0.2, 0) is 21.4 Å². The Kier molecular flexibility index (Phi) is 5.06. The average Bonchev–Trinajstić information content (AvgIpc) is 2.66. The molecule has 1 aromatic heterocycles. The molecule has 0 amide bonds. The van der Waals surface area contributed by atoms with E-state index in [1.54, 1.807) is 6.92 Å². The Morgan fingerprint density at radius 1 is 1.53 bits per heavy atom. The van der Waals surface area contributed by atoms with Crippen LogP contribution in [-0.4, -0.2) is 43.5 Å². The van der Waals surface area contributed by atoms with Gasteiger partial charge in [-0.15, -0.1) is 0 Å². The lowest BCUT2D eigenvalue weighted by Crippen LogP contribution is -2.28. The van der Waals surface area contributed by atoms with E-state index < -0.39 is 16.6 Å². The van der Waals surface area contributed by atoms with Gasteiger partial charge in [0.2, 0.25) is 10.0 Å². The van der Waals surface area contributed by atoms with Crippen LogP contribution in [0.3, 0.4) is 0 Å². The van der Waals surface area contributed by atoms with Crippen LogP contribution in [0, 0.1) is 6.92 Å². The number of aliphatic hydroxyl groups is 1. The largest absolute Gasteiger partial charge is 0.390 e. The lowest BCUT2D eigenvalue weighted by Gasteiger charge is -2.07. The summed E-state index contributed by atoms with van der Waals surface area (Å²) in [5.41, 5.74) is 0.518. The fourth-order valence-corrected chi connectivity index (χ4v) is 2.76. The van der Waals surface area contributed by atoms with Gasteiger partial charge in [0.1, 0.15) is 10.6 Å². The molecule has 0 aliphatic carbocycles. The Labute approximate surface area is 100 Å². The van der Waals surface area contributed by atoms with Gasteiger partial charge in [0.05, 0.1) is 18.9 Å². The minimum atomic E-state index is -3.65. The molecule has 1 heterocycles. The van der Waals surface area contributed by atoms with E-state index in [4.69, 9.17) is 9.84 Å². The second-order valence-electron chi connectivity index (χ2n) is 3.38.